The molecular formula is C9H9N3. The predicted octanol–water partition coefficient (Wildman–Crippen LogP) is 2.98. The van der Waals surface area contributed by atoms with E-state index < -0.39 is 0 Å². The first-order chi connectivity index (χ1) is 5.92. The van der Waals surface area contributed by atoms with Gasteiger partial charge in [-0.25, -0.2) is 0 Å². The van der Waals surface area contributed by atoms with Crippen LogP contribution in [-0.2, 0) is 6.42 Å². The van der Waals surface area contributed by atoms with E-state index in [1.165, 1.54) is 11.1 Å². The van der Waals surface area contributed by atoms with Crippen LogP contribution in [0.3, 0.4) is 0 Å². The molecule has 0 saturated heterocycles. The van der Waals surface area contributed by atoms with Gasteiger partial charge in [0.15, 0.2) is 0 Å². The highest BCUT2D eigenvalue weighted by molar-refractivity contribution is 5.34. The summed E-state index contributed by atoms with van der Waals surface area (Å²) in [6, 6.07) is 8.23. The van der Waals surface area contributed by atoms with Crippen LogP contribution in [0.4, 0.5) is 0 Å². The van der Waals surface area contributed by atoms with Crippen molar-refractivity contribution in [2.75, 3.05) is 0 Å². The van der Waals surface area contributed by atoms with Crippen molar-refractivity contribution in [3.05, 3.63) is 45.8 Å². The number of aryl methyl sites for hydroxylation is 1. The molecule has 1 aliphatic rings. The zero-order valence-electron chi connectivity index (χ0n) is 6.64. The Labute approximate surface area is 70.7 Å². The quantitative estimate of drug-likeness (QED) is 0.343. The molecule has 0 N–H and O–H groups in total. The second-order valence-electron chi connectivity index (χ2n) is 2.96. The average Bonchev–Trinajstić information content (AvgIpc) is 2.50. The maximum atomic E-state index is 8.31. The zero-order valence-corrected chi connectivity index (χ0v) is 6.64. The highest BCUT2D eigenvalue weighted by Crippen LogP contribution is 2.33. The Hall–Kier alpha value is -1.47. The van der Waals surface area contributed by atoms with Crippen LogP contribution in [-0.4, -0.2) is 0 Å². The van der Waals surface area contributed by atoms with Crippen molar-refractivity contribution in [2.24, 2.45) is 5.11 Å². The molecule has 0 spiro atoms. The van der Waals surface area contributed by atoms with Crippen LogP contribution in [0, 0.1) is 0 Å². The van der Waals surface area contributed by atoms with Gasteiger partial charge in [-0.15, -0.1) is 0 Å². The van der Waals surface area contributed by atoms with Crippen LogP contribution >= 0.6 is 0 Å². The van der Waals surface area contributed by atoms with E-state index in [9.17, 15) is 0 Å². The predicted molar refractivity (Wildman–Crippen MR) is 46.7 cm³/mol. The second kappa shape index (κ2) is 2.88. The van der Waals surface area contributed by atoms with Crippen LogP contribution in [0.2, 0.25) is 0 Å². The van der Waals surface area contributed by atoms with Crippen molar-refractivity contribution in [3.8, 4) is 0 Å². The Balaban J connectivity index is 2.42. The Morgan fingerprint density at radius 1 is 1.42 bits per heavy atom. The van der Waals surface area contributed by atoms with Crippen molar-refractivity contribution in [1.82, 2.24) is 0 Å². The lowest BCUT2D eigenvalue weighted by Crippen LogP contribution is -1.85. The molecule has 0 fully saturated rings. The van der Waals surface area contributed by atoms with Gasteiger partial charge in [-0.3, -0.25) is 0 Å². The van der Waals surface area contributed by atoms with Gasteiger partial charge in [-0.1, -0.05) is 29.4 Å². The lowest BCUT2D eigenvalue weighted by molar-refractivity contribution is 0.707. The van der Waals surface area contributed by atoms with E-state index in [4.69, 9.17) is 5.53 Å². The van der Waals surface area contributed by atoms with E-state index >= 15 is 0 Å². The summed E-state index contributed by atoms with van der Waals surface area (Å²) in [6.45, 7) is 0. The number of azide groups is 1. The van der Waals surface area contributed by atoms with E-state index in [0.717, 1.165) is 12.8 Å². The van der Waals surface area contributed by atoms with Gasteiger partial charge in [0.2, 0.25) is 0 Å². The fraction of sp³-hybridized carbons (Fsp3) is 0.333. The molecule has 0 aliphatic heterocycles. The molecule has 3 heteroatoms. The van der Waals surface area contributed by atoms with Crippen molar-refractivity contribution < 1.29 is 0 Å². The lowest BCUT2D eigenvalue weighted by atomic mass is 10.1. The molecule has 1 aromatic rings. The SMILES string of the molecule is [N-]=[N+]=N[C@@H]1CCc2ccccc21. The molecule has 1 atom stereocenters. The molecule has 1 aliphatic carbocycles. The average molecular weight is 159 g/mol. The molecule has 0 radical (unpaired) electrons. The van der Waals surface area contributed by atoms with Gasteiger partial charge in [-0.05, 0) is 29.5 Å². The molecule has 0 unspecified atom stereocenters. The minimum Gasteiger partial charge on any atom is -0.0859 e. The van der Waals surface area contributed by atoms with E-state index in [1.807, 2.05) is 18.2 Å². The van der Waals surface area contributed by atoms with Gasteiger partial charge in [0.05, 0.1) is 6.04 Å². The van der Waals surface area contributed by atoms with Crippen LogP contribution < -0.4 is 0 Å². The topological polar surface area (TPSA) is 48.8 Å². The summed E-state index contributed by atoms with van der Waals surface area (Å²) in [6.07, 6.45) is 2.00. The number of fused-ring (bicyclic) bond motifs is 1. The number of nitrogens with zero attached hydrogens (tertiary/aromatic N) is 3. The third kappa shape index (κ3) is 1.04. The summed E-state index contributed by atoms with van der Waals surface area (Å²) in [5.41, 5.74) is 10.8. The normalized spacial score (nSPS) is 19.8. The minimum atomic E-state index is 0.0752. The maximum absolute atomic E-state index is 8.31. The van der Waals surface area contributed by atoms with Gasteiger partial charge in [0.25, 0.3) is 0 Å². The molecular weight excluding hydrogens is 150 g/mol. The summed E-state index contributed by atoms with van der Waals surface area (Å²) in [7, 11) is 0. The van der Waals surface area contributed by atoms with Crippen molar-refractivity contribution >= 4 is 0 Å². The Morgan fingerprint density at radius 2 is 2.25 bits per heavy atom. The molecule has 0 saturated carbocycles. The first-order valence-electron chi connectivity index (χ1n) is 4.04. The van der Waals surface area contributed by atoms with Crippen LogP contribution in [0.5, 0.6) is 0 Å². The van der Waals surface area contributed by atoms with E-state index in [2.05, 4.69) is 16.1 Å². The number of hydrogen-bond donors (Lipinski definition) is 0. The highest BCUT2D eigenvalue weighted by atomic mass is 15.1. The monoisotopic (exact) mass is 159 g/mol. The zero-order chi connectivity index (χ0) is 8.39. The smallest absolute Gasteiger partial charge is 0.0631 e. The van der Waals surface area contributed by atoms with Gasteiger partial charge in [0.1, 0.15) is 0 Å². The van der Waals surface area contributed by atoms with Gasteiger partial charge >= 0.3 is 0 Å². The molecule has 0 amide bonds. The third-order valence-electron chi connectivity index (χ3n) is 2.29. The summed E-state index contributed by atoms with van der Waals surface area (Å²) in [4.78, 5) is 2.84. The largest absolute Gasteiger partial charge is 0.0859 e. The maximum Gasteiger partial charge on any atom is 0.0631 e. The summed E-state index contributed by atoms with van der Waals surface area (Å²) in [5.74, 6) is 0. The Bertz CT molecular complexity index is 339. The molecule has 3 nitrogen and oxygen atoms in total. The molecule has 0 heterocycles. The van der Waals surface area contributed by atoms with Crippen molar-refractivity contribution in [3.63, 3.8) is 0 Å². The van der Waals surface area contributed by atoms with Crippen molar-refractivity contribution in [2.45, 2.75) is 18.9 Å². The minimum absolute atomic E-state index is 0.0752. The van der Waals surface area contributed by atoms with Crippen LogP contribution in [0.1, 0.15) is 23.6 Å². The highest BCUT2D eigenvalue weighted by Gasteiger charge is 2.19. The van der Waals surface area contributed by atoms with Crippen LogP contribution in [0.15, 0.2) is 29.4 Å². The summed E-state index contributed by atoms with van der Waals surface area (Å²) in [5, 5.41) is 3.75. The van der Waals surface area contributed by atoms with Gasteiger partial charge in [-0.2, -0.15) is 0 Å². The third-order valence-corrected chi connectivity index (χ3v) is 2.29. The standard InChI is InChI=1S/C9H9N3/c10-12-11-9-6-5-7-3-1-2-4-8(7)9/h1-4,9H,5-6H2/t9-/m1/s1. The first kappa shape index (κ1) is 7.19. The Kier molecular flexibility index (Phi) is 1.72. The van der Waals surface area contributed by atoms with E-state index in [-0.39, 0.29) is 6.04 Å². The molecule has 1 aromatic carbocycles. The lowest BCUT2D eigenvalue weighted by Gasteiger charge is -2.01. The van der Waals surface area contributed by atoms with E-state index in [0.29, 0.717) is 0 Å². The molecule has 0 aromatic heterocycles. The number of hydrogen-bond acceptors (Lipinski definition) is 1. The Morgan fingerprint density at radius 3 is 3.08 bits per heavy atom. The molecule has 60 valence electrons. The first-order valence-corrected chi connectivity index (χ1v) is 4.04. The van der Waals surface area contributed by atoms with Gasteiger partial charge in [0, 0.05) is 4.91 Å². The van der Waals surface area contributed by atoms with E-state index in [1.54, 1.807) is 0 Å². The molecule has 2 rings (SSSR count). The molecule has 12 heavy (non-hydrogen) atoms. The summed E-state index contributed by atoms with van der Waals surface area (Å²) >= 11 is 0. The molecule has 0 bridgehead atoms. The number of rotatable bonds is 1. The fourth-order valence-electron chi connectivity index (χ4n) is 1.72. The fourth-order valence-corrected chi connectivity index (χ4v) is 1.72. The van der Waals surface area contributed by atoms with Crippen molar-refractivity contribution in [1.29, 1.82) is 0 Å². The summed E-state index contributed by atoms with van der Waals surface area (Å²) < 4.78 is 0. The second-order valence-corrected chi connectivity index (χ2v) is 2.96. The number of benzene rings is 1. The van der Waals surface area contributed by atoms with Gasteiger partial charge < -0.3 is 0 Å². The van der Waals surface area contributed by atoms with Crippen LogP contribution in [0.25, 0.3) is 10.4 Å².